The number of hydrogen-bond donors (Lipinski definition) is 1. The Bertz CT molecular complexity index is 1120. The summed E-state index contributed by atoms with van der Waals surface area (Å²) in [6.45, 7) is 3.59. The number of aromatic nitrogens is 2. The topological polar surface area (TPSA) is 91.7 Å². The number of carbonyl (C=O) groups is 2. The fourth-order valence-corrected chi connectivity index (χ4v) is 3.39. The van der Waals surface area contributed by atoms with E-state index in [1.54, 1.807) is 50.2 Å². The number of hydrogen-bond acceptors (Lipinski definition) is 6. The molecule has 0 saturated heterocycles. The Balaban J connectivity index is 2.15. The second-order valence-corrected chi connectivity index (χ2v) is 7.56. The minimum absolute atomic E-state index is 0.0526. The van der Waals surface area contributed by atoms with Gasteiger partial charge >= 0.3 is 5.97 Å². The molecular weight excluding hydrogens is 429 g/mol. The molecular formula is C24H26FN3O5. The molecule has 0 fully saturated rings. The van der Waals surface area contributed by atoms with Gasteiger partial charge < -0.3 is 19.5 Å². The summed E-state index contributed by atoms with van der Waals surface area (Å²) in [5, 5.41) is 7.14. The van der Waals surface area contributed by atoms with E-state index in [4.69, 9.17) is 14.2 Å². The molecule has 0 aliphatic carbocycles. The molecule has 3 aromatic rings. The maximum absolute atomic E-state index is 13.5. The molecule has 1 amide bonds. The van der Waals surface area contributed by atoms with Crippen LogP contribution in [0.1, 0.15) is 24.3 Å². The first-order valence-corrected chi connectivity index (χ1v) is 10.3. The lowest BCUT2D eigenvalue weighted by molar-refractivity contribution is -0.144. The average molecular weight is 455 g/mol. The quantitative estimate of drug-likeness (QED) is 0.522. The van der Waals surface area contributed by atoms with Gasteiger partial charge in [-0.1, -0.05) is 19.9 Å². The molecule has 0 aliphatic rings. The van der Waals surface area contributed by atoms with Crippen LogP contribution in [0.5, 0.6) is 11.5 Å². The van der Waals surface area contributed by atoms with Gasteiger partial charge in [0.2, 0.25) is 0 Å². The Morgan fingerprint density at radius 1 is 1.00 bits per heavy atom. The molecule has 3 rings (SSSR count). The normalized spacial score (nSPS) is 11.7. The van der Waals surface area contributed by atoms with E-state index in [-0.39, 0.29) is 11.6 Å². The van der Waals surface area contributed by atoms with Crippen molar-refractivity contribution >= 4 is 11.9 Å². The van der Waals surface area contributed by atoms with Crippen LogP contribution in [-0.4, -0.2) is 49.0 Å². The van der Waals surface area contributed by atoms with E-state index in [1.165, 1.54) is 38.1 Å². The van der Waals surface area contributed by atoms with Gasteiger partial charge in [0.25, 0.3) is 5.91 Å². The number of methoxy groups -OCH3 is 3. The van der Waals surface area contributed by atoms with Crippen LogP contribution in [-0.2, 0) is 9.53 Å². The zero-order valence-electron chi connectivity index (χ0n) is 19.1. The van der Waals surface area contributed by atoms with Crippen molar-refractivity contribution in [3.63, 3.8) is 0 Å². The van der Waals surface area contributed by atoms with Crippen LogP contribution < -0.4 is 14.8 Å². The van der Waals surface area contributed by atoms with Crippen LogP contribution in [0.4, 0.5) is 4.39 Å². The Labute approximate surface area is 191 Å². The van der Waals surface area contributed by atoms with Crippen molar-refractivity contribution in [2.75, 3.05) is 21.3 Å². The molecule has 1 atom stereocenters. The monoisotopic (exact) mass is 455 g/mol. The Kier molecular flexibility index (Phi) is 7.32. The molecule has 9 heteroatoms. The van der Waals surface area contributed by atoms with Gasteiger partial charge in [0, 0.05) is 0 Å². The third-order valence-electron chi connectivity index (χ3n) is 5.11. The minimum atomic E-state index is -0.845. The Hall–Kier alpha value is -3.88. The molecule has 8 nitrogen and oxygen atoms in total. The summed E-state index contributed by atoms with van der Waals surface area (Å²) in [5.41, 5.74) is 1.62. The van der Waals surface area contributed by atoms with Crippen molar-refractivity contribution in [3.05, 3.63) is 60.0 Å². The van der Waals surface area contributed by atoms with Gasteiger partial charge in [-0.3, -0.25) is 4.79 Å². The van der Waals surface area contributed by atoms with Crippen molar-refractivity contribution in [2.45, 2.75) is 19.9 Å². The number of rotatable bonds is 8. The van der Waals surface area contributed by atoms with Crippen LogP contribution in [0, 0.1) is 11.7 Å². The number of esters is 1. The number of benzene rings is 2. The molecule has 0 aliphatic heterocycles. The van der Waals surface area contributed by atoms with Crippen LogP contribution in [0.3, 0.4) is 0 Å². The second-order valence-electron chi connectivity index (χ2n) is 7.56. The van der Waals surface area contributed by atoms with Crippen LogP contribution in [0.25, 0.3) is 16.9 Å². The molecule has 1 heterocycles. The van der Waals surface area contributed by atoms with Gasteiger partial charge in [0.05, 0.1) is 38.3 Å². The largest absolute Gasteiger partial charge is 0.496 e. The van der Waals surface area contributed by atoms with E-state index in [0.717, 1.165) is 0 Å². The van der Waals surface area contributed by atoms with Gasteiger partial charge in [-0.05, 0) is 48.4 Å². The predicted molar refractivity (Wildman–Crippen MR) is 120 cm³/mol. The van der Waals surface area contributed by atoms with Gasteiger partial charge in [0.1, 0.15) is 23.4 Å². The summed E-state index contributed by atoms with van der Waals surface area (Å²) in [7, 11) is 4.31. The minimum Gasteiger partial charge on any atom is -0.496 e. The molecule has 0 radical (unpaired) electrons. The van der Waals surface area contributed by atoms with Crippen molar-refractivity contribution in [1.82, 2.24) is 15.1 Å². The van der Waals surface area contributed by atoms with Crippen molar-refractivity contribution in [3.8, 4) is 28.4 Å². The number of ether oxygens (including phenoxy) is 3. The second kappa shape index (κ2) is 10.2. The third kappa shape index (κ3) is 4.97. The summed E-state index contributed by atoms with van der Waals surface area (Å²) < 4.78 is 30.9. The van der Waals surface area contributed by atoms with E-state index in [1.807, 2.05) is 0 Å². The number of nitrogens with one attached hydrogen (secondary N) is 1. The SMILES string of the molecule is COC(=O)[C@@H](NC(=O)c1cc(-c2c(OC)cccc2OC)n(-c2ccc(F)cc2)n1)C(C)C. The predicted octanol–water partition coefficient (Wildman–Crippen LogP) is 3.62. The fraction of sp³-hybridized carbons (Fsp3) is 0.292. The lowest BCUT2D eigenvalue weighted by Crippen LogP contribution is -2.45. The number of nitrogens with zero attached hydrogens (tertiary/aromatic N) is 2. The first-order valence-electron chi connectivity index (χ1n) is 10.3. The van der Waals surface area contributed by atoms with E-state index < -0.39 is 23.7 Å². The van der Waals surface area contributed by atoms with Crippen molar-refractivity contribution < 1.29 is 28.2 Å². The summed E-state index contributed by atoms with van der Waals surface area (Å²) in [4.78, 5) is 25.2. The molecule has 0 spiro atoms. The van der Waals surface area contributed by atoms with Crippen molar-refractivity contribution in [2.24, 2.45) is 5.92 Å². The Morgan fingerprint density at radius 3 is 2.12 bits per heavy atom. The molecule has 0 bridgehead atoms. The maximum atomic E-state index is 13.5. The maximum Gasteiger partial charge on any atom is 0.328 e. The van der Waals surface area contributed by atoms with Crippen molar-refractivity contribution in [1.29, 1.82) is 0 Å². The average Bonchev–Trinajstić information content (AvgIpc) is 3.26. The molecule has 1 aromatic heterocycles. The first-order chi connectivity index (χ1) is 15.8. The van der Waals surface area contributed by atoms with E-state index in [0.29, 0.717) is 28.4 Å². The molecule has 0 unspecified atom stereocenters. The standard InChI is InChI=1S/C24H26FN3O5/c1-14(2)22(24(30)33-5)26-23(29)17-13-18(21-19(31-3)7-6-8-20(21)32-4)28(27-17)16-11-9-15(25)10-12-16/h6-14,22H,1-5H3,(H,26,29)/t22-/m0/s1. The van der Waals surface area contributed by atoms with E-state index in [2.05, 4.69) is 10.4 Å². The third-order valence-corrected chi connectivity index (χ3v) is 5.11. The Morgan fingerprint density at radius 2 is 1.61 bits per heavy atom. The fourth-order valence-electron chi connectivity index (χ4n) is 3.39. The number of amides is 1. The highest BCUT2D eigenvalue weighted by Gasteiger charge is 2.28. The molecule has 1 N–H and O–H groups in total. The van der Waals surface area contributed by atoms with Crippen LogP contribution in [0.2, 0.25) is 0 Å². The van der Waals surface area contributed by atoms with Gasteiger partial charge in [-0.25, -0.2) is 13.9 Å². The summed E-state index contributed by atoms with van der Waals surface area (Å²) in [5.74, 6) is -0.719. The summed E-state index contributed by atoms with van der Waals surface area (Å²) >= 11 is 0. The van der Waals surface area contributed by atoms with Gasteiger partial charge in [0.15, 0.2) is 5.69 Å². The van der Waals surface area contributed by atoms with Crippen LogP contribution in [0.15, 0.2) is 48.5 Å². The smallest absolute Gasteiger partial charge is 0.328 e. The lowest BCUT2D eigenvalue weighted by Gasteiger charge is -2.19. The zero-order valence-corrected chi connectivity index (χ0v) is 19.1. The summed E-state index contributed by atoms with van der Waals surface area (Å²) in [6.07, 6.45) is 0. The molecule has 2 aromatic carbocycles. The highest BCUT2D eigenvalue weighted by molar-refractivity contribution is 5.96. The first kappa shape index (κ1) is 23.8. The molecule has 174 valence electrons. The highest BCUT2D eigenvalue weighted by Crippen LogP contribution is 2.39. The highest BCUT2D eigenvalue weighted by atomic mass is 19.1. The number of carbonyl (C=O) groups excluding carboxylic acids is 2. The van der Waals surface area contributed by atoms with Gasteiger partial charge in [-0.15, -0.1) is 0 Å². The zero-order chi connectivity index (χ0) is 24.1. The summed E-state index contributed by atoms with van der Waals surface area (Å²) in [6, 6.07) is 11.7. The number of halogens is 1. The van der Waals surface area contributed by atoms with Crippen LogP contribution >= 0.6 is 0 Å². The van der Waals surface area contributed by atoms with Gasteiger partial charge in [-0.2, -0.15) is 5.10 Å². The molecule has 0 saturated carbocycles. The van der Waals surface area contributed by atoms with E-state index >= 15 is 0 Å². The van der Waals surface area contributed by atoms with E-state index in [9.17, 15) is 14.0 Å². The lowest BCUT2D eigenvalue weighted by atomic mass is 10.0. The molecule has 33 heavy (non-hydrogen) atoms.